The van der Waals surface area contributed by atoms with Crippen LogP contribution in [0, 0.1) is 11.8 Å². The second-order valence-corrected chi connectivity index (χ2v) is 23.0. The fourth-order valence-electron chi connectivity index (χ4n) is 12.1. The van der Waals surface area contributed by atoms with Gasteiger partial charge in [0.25, 0.3) is 5.91 Å². The number of likely N-dealkylation sites (N-methyl/N-ethyl adjacent to an activating group) is 2. The van der Waals surface area contributed by atoms with Gasteiger partial charge in [-0.1, -0.05) is 12.1 Å². The number of aryl methyl sites for hydroxylation is 2. The van der Waals surface area contributed by atoms with E-state index in [1.165, 1.54) is 52.6 Å². The zero-order chi connectivity index (χ0) is 61.9. The molecule has 0 bridgehead atoms. The number of esters is 1. The Kier molecular flexibility index (Phi) is 17.0. The molecule has 5 amide bonds. The minimum Gasteiger partial charge on any atom is -0.507 e. The first kappa shape index (κ1) is 59.2. The molecule has 3 aliphatic heterocycles. The molecule has 462 valence electrons. The fraction of sp³-hybridized carbons (Fsp3) is 0.355. The number of urea groups is 1. The van der Waals surface area contributed by atoms with Crippen LogP contribution in [0.2, 0.25) is 0 Å². The zero-order valence-corrected chi connectivity index (χ0v) is 50.5. The fourth-order valence-corrected chi connectivity index (χ4v) is 12.6. The standard InChI is InChI=1S/C62H66N14O12S/c1-63-55-53-46(41-16-11-38-28-75(29-44(38)41)60(80)68-59-67-58(84-5)71-89-59)31-76(56(53)66-33-65-55)61(81)72(2)22-23-73(3)62(82)85-32-35-9-13-39(14-10-35)69-70-40-15-17-48(77)43(26-40)57(79)64-20-7-6-8-52(78)88-54-45-30-74-21-19-37-25-50-51(87-34-86-50)27-42(37)47(74)24-36(45)12-18-49(54)83-4/h9-10,12-15,17-18,24-27,30-31,33,38,41,44,69-70H,6-8,11,16,19-23,28-29,32,34H2,1-5H3,(H3-,63,64,65,66,67,68,71,77,79,80)/p+1/t38-,41?,44+/m0/s1. The zero-order valence-electron chi connectivity index (χ0n) is 49.7. The topological polar surface area (TPSA) is 291 Å². The first-order chi connectivity index (χ1) is 43.2. The second-order valence-electron chi connectivity index (χ2n) is 22.3. The Labute approximate surface area is 515 Å². The van der Waals surface area contributed by atoms with Crippen LogP contribution < -0.4 is 55.1 Å². The number of carbonyl (C=O) groups is 5. The molecule has 3 atom stereocenters. The first-order valence-electron chi connectivity index (χ1n) is 29.2. The predicted octanol–water partition coefficient (Wildman–Crippen LogP) is 8.21. The molecule has 26 nitrogen and oxygen atoms in total. The Hall–Kier alpha value is -10.2. The summed E-state index contributed by atoms with van der Waals surface area (Å²) in [6.45, 7) is 2.69. The average Bonchev–Trinajstić information content (AvgIpc) is 1.78. The molecule has 7 heterocycles. The highest BCUT2D eigenvalue weighted by molar-refractivity contribution is 7.10. The number of phenolic OH excluding ortho intramolecular Hbond substituents is 1. The number of carbonyl (C=O) groups excluding carboxylic acids is 5. The highest BCUT2D eigenvalue weighted by Crippen LogP contribution is 2.50. The molecule has 1 unspecified atom stereocenters. The lowest BCUT2D eigenvalue weighted by Crippen LogP contribution is -2.40. The van der Waals surface area contributed by atoms with Crippen molar-refractivity contribution in [1.29, 1.82) is 0 Å². The van der Waals surface area contributed by atoms with E-state index in [1.54, 1.807) is 57.5 Å². The number of unbranched alkanes of at least 4 members (excludes halogenated alkanes) is 1. The quantitative estimate of drug-likeness (QED) is 0.0105. The maximum absolute atomic E-state index is 14.2. The van der Waals surface area contributed by atoms with Crippen molar-refractivity contribution in [3.63, 3.8) is 0 Å². The van der Waals surface area contributed by atoms with Crippen LogP contribution in [-0.2, 0) is 29.1 Å². The van der Waals surface area contributed by atoms with E-state index in [-0.39, 0.29) is 86.6 Å². The number of likely N-dealkylation sites (tertiary alicyclic amines) is 1. The van der Waals surface area contributed by atoms with Gasteiger partial charge in [-0.15, -0.1) is 4.37 Å². The van der Waals surface area contributed by atoms with Crippen LogP contribution in [0.5, 0.6) is 34.8 Å². The minimum absolute atomic E-state index is 0.00511. The van der Waals surface area contributed by atoms with Crippen LogP contribution in [-0.4, -0.2) is 149 Å². The Balaban J connectivity index is 0.576. The summed E-state index contributed by atoms with van der Waals surface area (Å²) >= 11 is 1.05. The van der Waals surface area contributed by atoms with Gasteiger partial charge < -0.3 is 69.7 Å². The van der Waals surface area contributed by atoms with Crippen LogP contribution >= 0.6 is 11.5 Å². The number of fused-ring (bicyclic) bond motifs is 7. The summed E-state index contributed by atoms with van der Waals surface area (Å²) in [5.74, 6) is 2.20. The van der Waals surface area contributed by atoms with Gasteiger partial charge in [0.15, 0.2) is 41.4 Å². The molecule has 4 aliphatic rings. The number of nitrogens with one attached hydrogen (secondary N) is 5. The van der Waals surface area contributed by atoms with Crippen molar-refractivity contribution in [1.82, 2.24) is 43.9 Å². The summed E-state index contributed by atoms with van der Waals surface area (Å²) in [7, 11) is 8.06. The van der Waals surface area contributed by atoms with Crippen LogP contribution in [0.25, 0.3) is 33.1 Å². The number of amides is 5. The van der Waals surface area contributed by atoms with Crippen molar-refractivity contribution >= 4 is 85.7 Å². The van der Waals surface area contributed by atoms with E-state index in [0.29, 0.717) is 71.2 Å². The number of hydrazine groups is 1. The number of benzene rings is 4. The van der Waals surface area contributed by atoms with Crippen LogP contribution in [0.3, 0.4) is 0 Å². The monoisotopic (exact) mass is 1230 g/mol. The number of hydrogen-bond donors (Lipinski definition) is 6. The molecule has 0 radical (unpaired) electrons. The van der Waals surface area contributed by atoms with E-state index in [4.69, 9.17) is 28.4 Å². The Morgan fingerprint density at radius 2 is 1.69 bits per heavy atom. The van der Waals surface area contributed by atoms with E-state index >= 15 is 0 Å². The third-order valence-corrected chi connectivity index (χ3v) is 17.4. The van der Waals surface area contributed by atoms with Crippen molar-refractivity contribution in [3.8, 4) is 46.0 Å². The van der Waals surface area contributed by atoms with E-state index < -0.39 is 18.0 Å². The lowest BCUT2D eigenvalue weighted by atomic mass is 9.87. The van der Waals surface area contributed by atoms with Crippen molar-refractivity contribution in [2.45, 2.75) is 57.6 Å². The van der Waals surface area contributed by atoms with Crippen molar-refractivity contribution in [2.75, 3.05) is 96.4 Å². The number of ether oxygens (including phenoxy) is 6. The van der Waals surface area contributed by atoms with E-state index in [0.717, 1.165) is 81.6 Å². The van der Waals surface area contributed by atoms with Gasteiger partial charge in [-0.3, -0.25) is 19.5 Å². The van der Waals surface area contributed by atoms with E-state index in [2.05, 4.69) is 56.8 Å². The highest BCUT2D eigenvalue weighted by Gasteiger charge is 2.46. The third kappa shape index (κ3) is 12.4. The van der Waals surface area contributed by atoms with Gasteiger partial charge in [-0.05, 0) is 120 Å². The summed E-state index contributed by atoms with van der Waals surface area (Å²) in [6.07, 6.45) is 8.31. The van der Waals surface area contributed by atoms with Gasteiger partial charge in [0.05, 0.1) is 47.5 Å². The number of aromatic nitrogens is 6. The molecule has 2 fully saturated rings. The molecule has 6 N–H and O–H groups in total. The molecule has 4 aromatic heterocycles. The number of anilines is 4. The van der Waals surface area contributed by atoms with Gasteiger partial charge in [0, 0.05) is 90.5 Å². The number of hydrogen-bond acceptors (Lipinski definition) is 20. The maximum Gasteiger partial charge on any atom is 0.409 e. The molecule has 4 aromatic carbocycles. The largest absolute Gasteiger partial charge is 0.507 e. The van der Waals surface area contributed by atoms with Gasteiger partial charge in [-0.2, -0.15) is 9.55 Å². The molecule has 1 saturated heterocycles. The minimum atomic E-state index is -0.570. The van der Waals surface area contributed by atoms with Gasteiger partial charge >= 0.3 is 30.1 Å². The van der Waals surface area contributed by atoms with Gasteiger partial charge in [0.2, 0.25) is 17.6 Å². The van der Waals surface area contributed by atoms with Crippen LogP contribution in [0.4, 0.5) is 36.7 Å². The van der Waals surface area contributed by atoms with Gasteiger partial charge in [0.1, 0.15) is 24.5 Å². The SMILES string of the molecule is CNc1ncnc2c1c(C1CC[C@H]3CN(C(=O)Nc4nc(OC)ns4)C[C@@H]13)cn2C(=O)N(C)CCN(C)C(=O)OCc1ccc(NNc2ccc(O)c(C(=O)NCCCCC(=O)Oc3c(OC)ccc4cc5[n+](cc34)CCc3cc4c(cc3-5)OCO4)c2)cc1. The van der Waals surface area contributed by atoms with E-state index in [9.17, 15) is 29.1 Å². The lowest BCUT2D eigenvalue weighted by Gasteiger charge is -2.22. The van der Waals surface area contributed by atoms with Crippen LogP contribution in [0.1, 0.15) is 65.1 Å². The normalized spacial score (nSPS) is 16.0. The molecule has 89 heavy (non-hydrogen) atoms. The third-order valence-electron chi connectivity index (χ3n) is 16.8. The number of phenols is 1. The lowest BCUT2D eigenvalue weighted by molar-refractivity contribution is -0.686. The molecule has 0 spiro atoms. The molecule has 12 rings (SSSR count). The number of aromatic hydroxyl groups is 1. The highest BCUT2D eigenvalue weighted by atomic mass is 32.1. The first-order valence-corrected chi connectivity index (χ1v) is 30.0. The smallest absolute Gasteiger partial charge is 0.409 e. The number of methoxy groups -OCH3 is 2. The summed E-state index contributed by atoms with van der Waals surface area (Å²) in [6, 6.07) is 21.2. The summed E-state index contributed by atoms with van der Waals surface area (Å²) in [4.78, 5) is 85.2. The number of pyridine rings is 1. The Morgan fingerprint density at radius 3 is 2.48 bits per heavy atom. The van der Waals surface area contributed by atoms with Crippen molar-refractivity contribution in [2.24, 2.45) is 11.8 Å². The van der Waals surface area contributed by atoms with Crippen LogP contribution in [0.15, 0.2) is 91.5 Å². The number of nitrogens with zero attached hydrogens (tertiary/aromatic N) is 9. The number of rotatable bonds is 20. The molecule has 1 saturated carbocycles. The summed E-state index contributed by atoms with van der Waals surface area (Å²) in [5.41, 5.74) is 12.8. The average molecular weight is 1230 g/mol. The maximum atomic E-state index is 14.2. The molecule has 27 heteroatoms. The van der Waals surface area contributed by atoms with E-state index in [1.807, 2.05) is 35.5 Å². The Bertz CT molecular complexity index is 4030. The Morgan fingerprint density at radius 1 is 0.888 bits per heavy atom. The second kappa shape index (κ2) is 25.6. The molecular formula is C62H67N14O12S+. The van der Waals surface area contributed by atoms with Gasteiger partial charge in [-0.25, -0.2) is 24.4 Å². The van der Waals surface area contributed by atoms with Crippen molar-refractivity contribution in [3.05, 3.63) is 114 Å². The molecule has 8 aromatic rings. The van der Waals surface area contributed by atoms with Crippen molar-refractivity contribution < 1.29 is 62.1 Å². The summed E-state index contributed by atoms with van der Waals surface area (Å²) in [5, 5.41) is 22.2. The predicted molar refractivity (Wildman–Crippen MR) is 329 cm³/mol. The molecular weight excluding hydrogens is 1160 g/mol. The molecule has 1 aliphatic carbocycles. The summed E-state index contributed by atoms with van der Waals surface area (Å²) < 4.78 is 41.3.